The van der Waals surface area contributed by atoms with Crippen molar-refractivity contribution in [2.24, 2.45) is 0 Å². The van der Waals surface area contributed by atoms with Crippen LogP contribution in [0.25, 0.3) is 11.3 Å². The van der Waals surface area contributed by atoms with E-state index in [1.165, 1.54) is 11.8 Å². The van der Waals surface area contributed by atoms with Crippen molar-refractivity contribution in [3.05, 3.63) is 62.2 Å². The molecule has 12 nitrogen and oxygen atoms in total. The highest BCUT2D eigenvalue weighted by Gasteiger charge is 2.32. The Labute approximate surface area is 172 Å². The lowest BCUT2D eigenvalue weighted by Crippen LogP contribution is -2.18. The van der Waals surface area contributed by atoms with E-state index in [-0.39, 0.29) is 11.4 Å². The predicted octanol–water partition coefficient (Wildman–Crippen LogP) is 3.29. The highest BCUT2D eigenvalue weighted by molar-refractivity contribution is 7.98. The Kier molecular flexibility index (Phi) is 4.79. The molecule has 13 heteroatoms. The van der Waals surface area contributed by atoms with Crippen molar-refractivity contribution in [3.63, 3.8) is 0 Å². The van der Waals surface area contributed by atoms with Gasteiger partial charge in [-0.05, 0) is 12.3 Å². The van der Waals surface area contributed by atoms with Gasteiger partial charge in [-0.3, -0.25) is 20.2 Å². The van der Waals surface area contributed by atoms with E-state index in [1.807, 2.05) is 0 Å². The van der Waals surface area contributed by atoms with Crippen LogP contribution in [0, 0.1) is 20.2 Å². The summed E-state index contributed by atoms with van der Waals surface area (Å²) in [5.41, 5.74) is -0.137. The maximum atomic E-state index is 11.3. The fourth-order valence-corrected chi connectivity index (χ4v) is 3.24. The molecule has 1 aliphatic rings. The summed E-state index contributed by atoms with van der Waals surface area (Å²) < 4.78 is 5.88. The monoisotopic (exact) mass is 428 g/mol. The number of para-hydroxylation sites is 1. The highest BCUT2D eigenvalue weighted by Crippen LogP contribution is 2.44. The number of aromatic hydroxyl groups is 1. The number of hydrogen-bond acceptors (Lipinski definition) is 11. The Hall–Kier alpha value is -4.00. The quantitative estimate of drug-likeness (QED) is 0.355. The van der Waals surface area contributed by atoms with Crippen LogP contribution < -0.4 is 10.1 Å². The first-order valence-corrected chi connectivity index (χ1v) is 9.58. The van der Waals surface area contributed by atoms with Crippen molar-refractivity contribution in [1.29, 1.82) is 0 Å². The van der Waals surface area contributed by atoms with Crippen LogP contribution >= 0.6 is 11.8 Å². The number of hydrogen-bond donors (Lipinski definition) is 2. The van der Waals surface area contributed by atoms with Crippen LogP contribution in [0.3, 0.4) is 0 Å². The van der Waals surface area contributed by atoms with Crippen molar-refractivity contribution in [2.75, 3.05) is 11.6 Å². The van der Waals surface area contributed by atoms with E-state index in [9.17, 15) is 25.3 Å². The molecule has 30 heavy (non-hydrogen) atoms. The van der Waals surface area contributed by atoms with Gasteiger partial charge in [0, 0.05) is 17.3 Å². The van der Waals surface area contributed by atoms with E-state index in [4.69, 9.17) is 4.74 Å². The number of thioether (sulfide) groups is 1. The summed E-state index contributed by atoms with van der Waals surface area (Å²) >= 11 is 1.23. The summed E-state index contributed by atoms with van der Waals surface area (Å²) in [6.45, 7) is 0. The van der Waals surface area contributed by atoms with Crippen LogP contribution in [0.15, 0.2) is 41.6 Å². The number of rotatable bonds is 4. The fourth-order valence-electron chi connectivity index (χ4n) is 2.94. The average Bonchev–Trinajstić information content (AvgIpc) is 2.89. The smallest absolute Gasteiger partial charge is 0.318 e. The maximum absolute atomic E-state index is 11.3. The molecule has 152 valence electrons. The van der Waals surface area contributed by atoms with Gasteiger partial charge in [0.05, 0.1) is 21.5 Å². The van der Waals surface area contributed by atoms with Crippen LogP contribution in [-0.2, 0) is 0 Å². The summed E-state index contributed by atoms with van der Waals surface area (Å²) in [7, 11) is 0. The number of nitro benzene ring substituents is 2. The van der Waals surface area contributed by atoms with Gasteiger partial charge in [0.1, 0.15) is 0 Å². The van der Waals surface area contributed by atoms with Crippen LogP contribution in [0.4, 0.5) is 17.1 Å². The number of nitro groups is 2. The first-order valence-electron chi connectivity index (χ1n) is 8.36. The standard InChI is InChI=1S/C17H12N6O6S/c1-30-17-19-16-13(20-21-17)9-4-2-3-5-11(9)18-15(29-16)10-6-8(22(25)26)7-12(14(10)24)23(27)28/h2-7,15,18,24H,1H3/t15-/m1/s1. The zero-order valence-corrected chi connectivity index (χ0v) is 16.0. The van der Waals surface area contributed by atoms with Gasteiger partial charge in [-0.15, -0.1) is 10.2 Å². The van der Waals surface area contributed by atoms with Crippen molar-refractivity contribution in [1.82, 2.24) is 15.2 Å². The van der Waals surface area contributed by atoms with Crippen LogP contribution in [0.1, 0.15) is 11.8 Å². The van der Waals surface area contributed by atoms with E-state index in [0.29, 0.717) is 28.2 Å². The second-order valence-electron chi connectivity index (χ2n) is 6.06. The third-order valence-corrected chi connectivity index (χ3v) is 4.85. The zero-order valence-electron chi connectivity index (χ0n) is 15.2. The number of phenols is 1. The number of nitrogens with one attached hydrogen (secondary N) is 1. The Morgan fingerprint density at radius 3 is 2.63 bits per heavy atom. The lowest BCUT2D eigenvalue weighted by Gasteiger charge is -2.20. The minimum atomic E-state index is -1.22. The number of phenolic OH excluding ortho intramolecular Hbond substituents is 1. The first-order chi connectivity index (χ1) is 14.4. The van der Waals surface area contributed by atoms with Gasteiger partial charge in [0.15, 0.2) is 5.69 Å². The molecule has 2 aromatic carbocycles. The minimum Gasteiger partial charge on any atom is -0.502 e. The molecule has 0 amide bonds. The second kappa shape index (κ2) is 7.44. The Morgan fingerprint density at radius 2 is 1.93 bits per heavy atom. The molecule has 1 atom stereocenters. The number of nitrogens with zero attached hydrogens (tertiary/aromatic N) is 5. The summed E-state index contributed by atoms with van der Waals surface area (Å²) in [6, 6.07) is 8.65. The SMILES string of the molecule is CSc1nnc2c(n1)O[C@H](c1cc([N+](=O)[O-])cc([N+](=O)[O-])c1O)Nc1ccccc1-2. The lowest BCUT2D eigenvalue weighted by molar-refractivity contribution is -0.394. The third-order valence-electron chi connectivity index (χ3n) is 4.31. The second-order valence-corrected chi connectivity index (χ2v) is 6.83. The van der Waals surface area contributed by atoms with Crippen LogP contribution in [0.5, 0.6) is 11.6 Å². The Bertz CT molecular complexity index is 1190. The summed E-state index contributed by atoms with van der Waals surface area (Å²) in [5.74, 6) is -0.693. The van der Waals surface area contributed by atoms with Gasteiger partial charge in [-0.25, -0.2) is 0 Å². The number of non-ortho nitro benzene ring substituents is 1. The minimum absolute atomic E-state index is 0.0605. The van der Waals surface area contributed by atoms with Crippen molar-refractivity contribution in [2.45, 2.75) is 11.4 Å². The average molecular weight is 428 g/mol. The zero-order chi connectivity index (χ0) is 21.4. The fraction of sp³-hybridized carbons (Fsp3) is 0.118. The lowest BCUT2D eigenvalue weighted by atomic mass is 10.1. The molecule has 0 spiro atoms. The molecular formula is C17H12N6O6S. The molecule has 0 saturated carbocycles. The van der Waals surface area contributed by atoms with Crippen LogP contribution in [-0.4, -0.2) is 36.4 Å². The molecule has 0 aliphatic carbocycles. The van der Waals surface area contributed by atoms with Gasteiger partial charge in [0.2, 0.25) is 23.0 Å². The molecule has 2 N–H and O–H groups in total. The van der Waals surface area contributed by atoms with E-state index in [0.717, 1.165) is 6.07 Å². The van der Waals surface area contributed by atoms with Crippen molar-refractivity contribution in [3.8, 4) is 22.9 Å². The predicted molar refractivity (Wildman–Crippen MR) is 105 cm³/mol. The Balaban J connectivity index is 1.92. The maximum Gasteiger partial charge on any atom is 0.318 e. The summed E-state index contributed by atoms with van der Waals surface area (Å²) in [5, 5.41) is 44.5. The van der Waals surface area contributed by atoms with Gasteiger partial charge < -0.3 is 15.2 Å². The van der Waals surface area contributed by atoms with Gasteiger partial charge in [-0.1, -0.05) is 30.0 Å². The largest absolute Gasteiger partial charge is 0.502 e. The number of aromatic nitrogens is 3. The van der Waals surface area contributed by atoms with Gasteiger partial charge in [-0.2, -0.15) is 4.98 Å². The van der Waals surface area contributed by atoms with Crippen molar-refractivity contribution < 1.29 is 19.7 Å². The number of benzene rings is 2. The van der Waals surface area contributed by atoms with E-state index < -0.39 is 33.2 Å². The molecule has 0 bridgehead atoms. The molecule has 1 aromatic heterocycles. The molecule has 3 aromatic rings. The molecule has 0 fully saturated rings. The topological polar surface area (TPSA) is 166 Å². The number of anilines is 1. The number of ether oxygens (including phenoxy) is 1. The van der Waals surface area contributed by atoms with Gasteiger partial charge in [0.25, 0.3) is 5.69 Å². The first kappa shape index (κ1) is 19.3. The summed E-state index contributed by atoms with van der Waals surface area (Å²) in [6.07, 6.45) is 0.525. The summed E-state index contributed by atoms with van der Waals surface area (Å²) in [4.78, 5) is 25.2. The normalized spacial score (nSPS) is 14.5. The van der Waals surface area contributed by atoms with E-state index in [1.54, 1.807) is 30.5 Å². The third kappa shape index (κ3) is 3.30. The van der Waals surface area contributed by atoms with Crippen molar-refractivity contribution >= 4 is 28.8 Å². The highest BCUT2D eigenvalue weighted by atomic mass is 32.2. The van der Waals surface area contributed by atoms with Gasteiger partial charge >= 0.3 is 5.69 Å². The molecule has 2 heterocycles. The Morgan fingerprint density at radius 1 is 1.17 bits per heavy atom. The molecule has 4 rings (SSSR count). The van der Waals surface area contributed by atoms with E-state index >= 15 is 0 Å². The molecular weight excluding hydrogens is 416 g/mol. The molecule has 0 radical (unpaired) electrons. The van der Waals surface area contributed by atoms with Crippen LogP contribution in [0.2, 0.25) is 0 Å². The number of fused-ring (bicyclic) bond motifs is 3. The molecule has 0 unspecified atom stereocenters. The van der Waals surface area contributed by atoms with E-state index in [2.05, 4.69) is 20.5 Å². The molecule has 0 saturated heterocycles. The molecule has 1 aliphatic heterocycles.